The lowest BCUT2D eigenvalue weighted by atomic mass is 10.2. The Morgan fingerprint density at radius 2 is 1.93 bits per heavy atom. The molecule has 7 heteroatoms. The second-order valence-electron chi connectivity index (χ2n) is 6.51. The number of aryl methyl sites for hydroxylation is 1. The molecule has 0 atom stereocenters. The van der Waals surface area contributed by atoms with Gasteiger partial charge in [-0.25, -0.2) is 4.79 Å². The van der Waals surface area contributed by atoms with Gasteiger partial charge in [-0.05, 0) is 49.2 Å². The fourth-order valence-corrected chi connectivity index (χ4v) is 2.90. The van der Waals surface area contributed by atoms with Gasteiger partial charge in [0.25, 0.3) is 5.91 Å². The zero-order chi connectivity index (χ0) is 19.9. The van der Waals surface area contributed by atoms with E-state index >= 15 is 0 Å². The van der Waals surface area contributed by atoms with Gasteiger partial charge in [0.1, 0.15) is 5.75 Å². The van der Waals surface area contributed by atoms with Crippen LogP contribution in [0.15, 0.2) is 48.5 Å². The summed E-state index contributed by atoms with van der Waals surface area (Å²) in [4.78, 5) is 37.3. The summed E-state index contributed by atoms with van der Waals surface area (Å²) in [5.41, 5.74) is 2.29. The minimum Gasteiger partial charge on any atom is -0.482 e. The molecule has 1 N–H and O–H groups in total. The van der Waals surface area contributed by atoms with Crippen molar-refractivity contribution < 1.29 is 23.9 Å². The van der Waals surface area contributed by atoms with E-state index in [1.807, 2.05) is 25.1 Å². The number of amides is 2. The first-order valence-electron chi connectivity index (χ1n) is 9.06. The van der Waals surface area contributed by atoms with Crippen molar-refractivity contribution in [3.05, 3.63) is 54.1 Å². The molecule has 3 rings (SSSR count). The average Bonchev–Trinajstić information content (AvgIpc) is 3.11. The number of benzene rings is 2. The van der Waals surface area contributed by atoms with Crippen molar-refractivity contribution in [2.24, 2.45) is 0 Å². The van der Waals surface area contributed by atoms with E-state index in [4.69, 9.17) is 9.47 Å². The van der Waals surface area contributed by atoms with Gasteiger partial charge in [0.2, 0.25) is 5.91 Å². The molecule has 0 radical (unpaired) electrons. The van der Waals surface area contributed by atoms with E-state index in [0.29, 0.717) is 24.4 Å². The fourth-order valence-electron chi connectivity index (χ4n) is 2.90. The number of hydrogen-bond donors (Lipinski definition) is 1. The third kappa shape index (κ3) is 5.33. The van der Waals surface area contributed by atoms with Gasteiger partial charge >= 0.3 is 5.97 Å². The van der Waals surface area contributed by atoms with Crippen LogP contribution in [0.4, 0.5) is 11.4 Å². The Morgan fingerprint density at radius 1 is 1.11 bits per heavy atom. The van der Waals surface area contributed by atoms with Crippen molar-refractivity contribution in [2.45, 2.75) is 19.8 Å². The van der Waals surface area contributed by atoms with E-state index in [9.17, 15) is 14.4 Å². The molecule has 0 spiro atoms. The Labute approximate surface area is 163 Å². The SMILES string of the molecule is Cc1cccc(OCC(=O)OCC(=O)Nc2cccc(N3CCCC3=O)c2)c1. The fraction of sp³-hybridized carbons (Fsp3) is 0.286. The molecule has 1 fully saturated rings. The Bertz CT molecular complexity index is 881. The lowest BCUT2D eigenvalue weighted by molar-refractivity contribution is -0.149. The lowest BCUT2D eigenvalue weighted by Gasteiger charge is -2.16. The van der Waals surface area contributed by atoms with Crippen LogP contribution in [0.3, 0.4) is 0 Å². The summed E-state index contributed by atoms with van der Waals surface area (Å²) in [5, 5.41) is 2.66. The summed E-state index contributed by atoms with van der Waals surface area (Å²) in [6.07, 6.45) is 1.37. The molecule has 2 amide bonds. The van der Waals surface area contributed by atoms with Crippen LogP contribution < -0.4 is 15.0 Å². The number of esters is 1. The van der Waals surface area contributed by atoms with Crippen LogP contribution in [0.2, 0.25) is 0 Å². The molecule has 0 aromatic heterocycles. The van der Waals surface area contributed by atoms with Gasteiger partial charge in [-0.1, -0.05) is 18.2 Å². The molecule has 1 saturated heterocycles. The largest absolute Gasteiger partial charge is 0.482 e. The highest BCUT2D eigenvalue weighted by atomic mass is 16.6. The molecule has 0 saturated carbocycles. The molecule has 2 aromatic carbocycles. The van der Waals surface area contributed by atoms with Gasteiger partial charge in [-0.2, -0.15) is 0 Å². The minimum atomic E-state index is -0.631. The summed E-state index contributed by atoms with van der Waals surface area (Å²) < 4.78 is 10.3. The summed E-state index contributed by atoms with van der Waals surface area (Å²) in [6.45, 7) is 1.91. The van der Waals surface area contributed by atoms with Gasteiger partial charge in [0.05, 0.1) is 0 Å². The lowest BCUT2D eigenvalue weighted by Crippen LogP contribution is -2.25. The molecule has 0 aliphatic carbocycles. The van der Waals surface area contributed by atoms with Crippen LogP contribution in [-0.2, 0) is 19.1 Å². The Kier molecular flexibility index (Phi) is 6.26. The predicted molar refractivity (Wildman–Crippen MR) is 104 cm³/mol. The van der Waals surface area contributed by atoms with Crippen molar-refractivity contribution in [2.75, 3.05) is 30.0 Å². The maximum Gasteiger partial charge on any atom is 0.344 e. The molecular formula is C21H22N2O5. The highest BCUT2D eigenvalue weighted by Gasteiger charge is 2.21. The summed E-state index contributed by atoms with van der Waals surface area (Å²) in [6, 6.07) is 14.3. The first-order valence-corrected chi connectivity index (χ1v) is 9.06. The van der Waals surface area contributed by atoms with Gasteiger partial charge in [-0.3, -0.25) is 9.59 Å². The van der Waals surface area contributed by atoms with Crippen LogP contribution in [-0.4, -0.2) is 37.5 Å². The Balaban J connectivity index is 1.45. The number of nitrogens with zero attached hydrogens (tertiary/aromatic N) is 1. The predicted octanol–water partition coefficient (Wildman–Crippen LogP) is 2.68. The van der Waals surface area contributed by atoms with Gasteiger partial charge in [-0.15, -0.1) is 0 Å². The molecule has 146 valence electrons. The number of ether oxygens (including phenoxy) is 2. The van der Waals surface area contributed by atoms with Crippen molar-refractivity contribution in [3.63, 3.8) is 0 Å². The zero-order valence-corrected chi connectivity index (χ0v) is 15.6. The van der Waals surface area contributed by atoms with Crippen LogP contribution in [0.5, 0.6) is 5.75 Å². The number of carbonyl (C=O) groups excluding carboxylic acids is 3. The number of rotatable bonds is 7. The number of nitrogens with one attached hydrogen (secondary N) is 1. The van der Waals surface area contributed by atoms with Gasteiger partial charge in [0.15, 0.2) is 13.2 Å². The minimum absolute atomic E-state index is 0.0750. The molecule has 0 bridgehead atoms. The van der Waals surface area contributed by atoms with E-state index in [1.54, 1.807) is 35.2 Å². The van der Waals surface area contributed by atoms with Crippen LogP contribution in [0.1, 0.15) is 18.4 Å². The molecule has 1 aliphatic rings. The number of carbonyl (C=O) groups is 3. The van der Waals surface area contributed by atoms with Gasteiger partial charge < -0.3 is 19.7 Å². The van der Waals surface area contributed by atoms with Crippen LogP contribution >= 0.6 is 0 Å². The Morgan fingerprint density at radius 3 is 2.68 bits per heavy atom. The third-order valence-electron chi connectivity index (χ3n) is 4.23. The van der Waals surface area contributed by atoms with Crippen LogP contribution in [0, 0.1) is 6.92 Å². The topological polar surface area (TPSA) is 84.9 Å². The van der Waals surface area contributed by atoms with E-state index in [-0.39, 0.29) is 12.5 Å². The number of anilines is 2. The number of hydrogen-bond acceptors (Lipinski definition) is 5. The van der Waals surface area contributed by atoms with E-state index < -0.39 is 18.5 Å². The molecule has 0 unspecified atom stereocenters. The standard InChI is InChI=1S/C21H22N2O5/c1-15-5-2-8-18(11-15)27-14-21(26)28-13-19(24)22-16-6-3-7-17(12-16)23-10-4-9-20(23)25/h2-3,5-8,11-12H,4,9-10,13-14H2,1H3,(H,22,24). The summed E-state index contributed by atoms with van der Waals surface area (Å²) in [7, 11) is 0. The highest BCUT2D eigenvalue weighted by Crippen LogP contribution is 2.24. The molecule has 1 heterocycles. The molecule has 2 aromatic rings. The van der Waals surface area contributed by atoms with Crippen molar-refractivity contribution in [1.82, 2.24) is 0 Å². The van der Waals surface area contributed by atoms with Crippen LogP contribution in [0.25, 0.3) is 0 Å². The normalized spacial score (nSPS) is 13.3. The van der Waals surface area contributed by atoms with Gasteiger partial charge in [0, 0.05) is 24.3 Å². The third-order valence-corrected chi connectivity index (χ3v) is 4.23. The zero-order valence-electron chi connectivity index (χ0n) is 15.6. The first-order chi connectivity index (χ1) is 13.5. The average molecular weight is 382 g/mol. The summed E-state index contributed by atoms with van der Waals surface area (Å²) in [5.74, 6) is -0.456. The van der Waals surface area contributed by atoms with Crippen molar-refractivity contribution >= 4 is 29.2 Å². The quantitative estimate of drug-likeness (QED) is 0.744. The van der Waals surface area contributed by atoms with E-state index in [1.165, 1.54) is 0 Å². The van der Waals surface area contributed by atoms with Crippen molar-refractivity contribution in [3.8, 4) is 5.75 Å². The molecule has 7 nitrogen and oxygen atoms in total. The van der Waals surface area contributed by atoms with Crippen molar-refractivity contribution in [1.29, 1.82) is 0 Å². The summed E-state index contributed by atoms with van der Waals surface area (Å²) >= 11 is 0. The smallest absolute Gasteiger partial charge is 0.344 e. The van der Waals surface area contributed by atoms with E-state index in [2.05, 4.69) is 5.32 Å². The second-order valence-corrected chi connectivity index (χ2v) is 6.51. The first kappa shape index (κ1) is 19.4. The molecular weight excluding hydrogens is 360 g/mol. The Hall–Kier alpha value is -3.35. The maximum absolute atomic E-state index is 12.0. The monoisotopic (exact) mass is 382 g/mol. The molecule has 1 aliphatic heterocycles. The maximum atomic E-state index is 12.0. The highest BCUT2D eigenvalue weighted by molar-refractivity contribution is 5.97. The second kappa shape index (κ2) is 9.03. The van der Waals surface area contributed by atoms with E-state index in [0.717, 1.165) is 17.7 Å². The molecule has 28 heavy (non-hydrogen) atoms.